The molecule has 3 aromatic heterocycles. The number of fused-ring (bicyclic) bond motifs is 12. The van der Waals surface area contributed by atoms with Gasteiger partial charge in [0.15, 0.2) is 0 Å². The molecule has 258 valence electrons. The van der Waals surface area contributed by atoms with E-state index >= 15 is 0 Å². The average Bonchev–Trinajstić information content (AvgIpc) is 3.84. The highest BCUT2D eigenvalue weighted by molar-refractivity contribution is 6.11. The fraction of sp³-hybridized carbons (Fsp3) is 0.137. The molecule has 2 unspecified atom stereocenters. The van der Waals surface area contributed by atoms with Crippen LogP contribution < -0.4 is 0 Å². The molecule has 0 saturated carbocycles. The second-order valence-corrected chi connectivity index (χ2v) is 15.5. The third-order valence-corrected chi connectivity index (χ3v) is 12.6. The Hall–Kier alpha value is -6.32. The summed E-state index contributed by atoms with van der Waals surface area (Å²) < 4.78 is 11.3. The molecule has 6 aromatic carbocycles. The van der Waals surface area contributed by atoms with E-state index < -0.39 is 0 Å². The van der Waals surface area contributed by atoms with Crippen molar-refractivity contribution in [2.24, 2.45) is 5.92 Å². The van der Waals surface area contributed by atoms with E-state index in [9.17, 15) is 0 Å². The predicted molar refractivity (Wildman–Crippen MR) is 224 cm³/mol. The zero-order chi connectivity index (χ0) is 35.3. The van der Waals surface area contributed by atoms with Gasteiger partial charge in [0, 0.05) is 49.7 Å². The van der Waals surface area contributed by atoms with Gasteiger partial charge < -0.3 is 13.6 Å². The highest BCUT2D eigenvalue weighted by Crippen LogP contribution is 2.47. The molecule has 2 atom stereocenters. The Morgan fingerprint density at radius 2 is 1.33 bits per heavy atom. The minimum atomic E-state index is 0.409. The summed E-state index contributed by atoms with van der Waals surface area (Å²) in [6.45, 7) is 0. The van der Waals surface area contributed by atoms with Crippen LogP contribution in [0.4, 0.5) is 0 Å². The van der Waals surface area contributed by atoms with Gasteiger partial charge in [-0.2, -0.15) is 0 Å². The summed E-state index contributed by atoms with van der Waals surface area (Å²) in [5.41, 5.74) is 16.9. The Bertz CT molecular complexity index is 3050. The summed E-state index contributed by atoms with van der Waals surface area (Å²) in [7, 11) is 0. The van der Waals surface area contributed by atoms with Crippen LogP contribution >= 0.6 is 0 Å². The molecule has 0 amide bonds. The van der Waals surface area contributed by atoms with Crippen LogP contribution in [0.3, 0.4) is 0 Å². The fourth-order valence-corrected chi connectivity index (χ4v) is 10.3. The summed E-state index contributed by atoms with van der Waals surface area (Å²) in [6.07, 6.45) is 14.6. The molecule has 3 nitrogen and oxygen atoms in total. The number of aryl methyl sites for hydroxylation is 1. The van der Waals surface area contributed by atoms with E-state index in [1.165, 1.54) is 88.5 Å². The van der Waals surface area contributed by atoms with Crippen LogP contribution in [-0.4, -0.2) is 9.13 Å². The maximum atomic E-state index is 6.27. The van der Waals surface area contributed by atoms with Gasteiger partial charge >= 0.3 is 0 Å². The predicted octanol–water partition coefficient (Wildman–Crippen LogP) is 13.0. The van der Waals surface area contributed by atoms with Gasteiger partial charge in [0.2, 0.25) is 0 Å². The summed E-state index contributed by atoms with van der Waals surface area (Å²) in [5, 5.41) is 5.21. The van der Waals surface area contributed by atoms with Crippen LogP contribution in [0.25, 0.3) is 78.3 Å². The molecule has 3 heteroatoms. The van der Waals surface area contributed by atoms with E-state index in [4.69, 9.17) is 4.42 Å². The second kappa shape index (κ2) is 11.6. The number of hydrogen-bond donors (Lipinski definition) is 0. The van der Waals surface area contributed by atoms with Gasteiger partial charge in [-0.3, -0.25) is 0 Å². The molecule has 0 spiro atoms. The van der Waals surface area contributed by atoms with Gasteiger partial charge in [0.25, 0.3) is 0 Å². The van der Waals surface area contributed by atoms with Crippen molar-refractivity contribution in [2.75, 3.05) is 0 Å². The highest BCUT2D eigenvalue weighted by atomic mass is 16.3. The molecule has 0 saturated heterocycles. The Kier molecular flexibility index (Phi) is 6.48. The van der Waals surface area contributed by atoms with Gasteiger partial charge in [0.1, 0.15) is 11.3 Å². The van der Waals surface area contributed by atoms with E-state index in [0.717, 1.165) is 43.4 Å². The van der Waals surface area contributed by atoms with Gasteiger partial charge in [-0.15, -0.1) is 0 Å². The molecule has 12 rings (SSSR count). The zero-order valence-corrected chi connectivity index (χ0v) is 30.0. The lowest BCUT2D eigenvalue weighted by molar-refractivity contribution is 0.469. The number of nitrogens with zero attached hydrogens (tertiary/aromatic N) is 2. The number of benzene rings is 6. The lowest BCUT2D eigenvalue weighted by Crippen LogP contribution is -2.16. The van der Waals surface area contributed by atoms with Crippen LogP contribution in [0.2, 0.25) is 0 Å². The normalized spacial score (nSPS) is 17.5. The minimum Gasteiger partial charge on any atom is -0.456 e. The SMILES string of the molecule is C1=Cc2c(n(-c3cccc(-n4c5ccccc5c5cc6c(cc54)-c4ccccc4C(C4C=Cc5oc7ccccc7c5C4)CC6)c3)c3ccccc23)CC1. The molecule has 3 aliphatic carbocycles. The lowest BCUT2D eigenvalue weighted by atomic mass is 9.76. The number of para-hydroxylation sites is 3. The van der Waals surface area contributed by atoms with E-state index in [0.29, 0.717) is 11.8 Å². The molecule has 0 radical (unpaired) electrons. The molecule has 0 bridgehead atoms. The quantitative estimate of drug-likeness (QED) is 0.181. The Morgan fingerprint density at radius 3 is 2.24 bits per heavy atom. The number of rotatable bonds is 3. The maximum Gasteiger partial charge on any atom is 0.135 e. The van der Waals surface area contributed by atoms with Gasteiger partial charge in [-0.1, -0.05) is 103 Å². The first-order chi connectivity index (χ1) is 26.8. The smallest absolute Gasteiger partial charge is 0.135 e. The largest absolute Gasteiger partial charge is 0.456 e. The van der Waals surface area contributed by atoms with Crippen molar-refractivity contribution in [3.63, 3.8) is 0 Å². The summed E-state index contributed by atoms with van der Waals surface area (Å²) in [5.74, 6) is 1.85. The lowest BCUT2D eigenvalue weighted by Gasteiger charge is -2.27. The van der Waals surface area contributed by atoms with Crippen molar-refractivity contribution in [1.82, 2.24) is 9.13 Å². The van der Waals surface area contributed by atoms with Crippen molar-refractivity contribution < 1.29 is 4.42 Å². The third kappa shape index (κ3) is 4.36. The first-order valence-corrected chi connectivity index (χ1v) is 19.5. The number of furan rings is 1. The molecule has 0 aliphatic heterocycles. The average molecular weight is 695 g/mol. The monoisotopic (exact) mass is 694 g/mol. The molecule has 0 fully saturated rings. The number of allylic oxidation sites excluding steroid dienone is 2. The van der Waals surface area contributed by atoms with Crippen LogP contribution in [-0.2, 0) is 19.3 Å². The van der Waals surface area contributed by atoms with Gasteiger partial charge in [-0.25, -0.2) is 0 Å². The second-order valence-electron chi connectivity index (χ2n) is 15.5. The Balaban J connectivity index is 1.02. The standard InChI is InChI=1S/C51H38N2O/c1-2-15-38-37(14-1)36(32-25-27-51-45(29-32)42-19-6-10-23-50(42)54-51)26-24-33-28-44-41-18-5-9-22-48(41)53(49(44)31-43(33)38)35-13-11-12-34(30-35)52-46-20-7-3-16-39(46)40-17-4-8-21-47(40)52/h1-7,9-20,22-23,25,27-28,30-32,36H,8,21,24,26,29H2. The first-order valence-electron chi connectivity index (χ1n) is 19.5. The van der Waals surface area contributed by atoms with E-state index in [-0.39, 0.29) is 0 Å². The van der Waals surface area contributed by atoms with Crippen molar-refractivity contribution in [1.29, 1.82) is 0 Å². The van der Waals surface area contributed by atoms with Crippen molar-refractivity contribution >= 4 is 55.8 Å². The molecule has 3 aliphatic rings. The Morgan fingerprint density at radius 1 is 0.574 bits per heavy atom. The highest BCUT2D eigenvalue weighted by Gasteiger charge is 2.32. The summed E-state index contributed by atoms with van der Waals surface area (Å²) in [4.78, 5) is 0. The number of aromatic nitrogens is 2. The molecular weight excluding hydrogens is 657 g/mol. The van der Waals surface area contributed by atoms with Crippen molar-refractivity contribution in [3.05, 3.63) is 179 Å². The zero-order valence-electron chi connectivity index (χ0n) is 30.0. The molecule has 9 aromatic rings. The summed E-state index contributed by atoms with van der Waals surface area (Å²) >= 11 is 0. The van der Waals surface area contributed by atoms with Crippen LogP contribution in [0.1, 0.15) is 52.5 Å². The van der Waals surface area contributed by atoms with E-state index in [2.05, 4.69) is 167 Å². The molecular formula is C51H38N2O. The fourth-order valence-electron chi connectivity index (χ4n) is 10.3. The molecule has 3 heterocycles. The molecule has 0 N–H and O–H groups in total. The van der Waals surface area contributed by atoms with Gasteiger partial charge in [0.05, 0.1) is 16.6 Å². The van der Waals surface area contributed by atoms with Crippen LogP contribution in [0.15, 0.2) is 150 Å². The maximum absolute atomic E-state index is 6.27. The summed E-state index contributed by atoms with van der Waals surface area (Å²) in [6, 6.07) is 49.8. The van der Waals surface area contributed by atoms with E-state index in [1.807, 2.05) is 0 Å². The van der Waals surface area contributed by atoms with Gasteiger partial charge in [-0.05, 0) is 121 Å². The topological polar surface area (TPSA) is 23.0 Å². The minimum absolute atomic E-state index is 0.409. The van der Waals surface area contributed by atoms with Crippen molar-refractivity contribution in [3.8, 4) is 22.5 Å². The molecule has 54 heavy (non-hydrogen) atoms. The number of hydrogen-bond acceptors (Lipinski definition) is 1. The van der Waals surface area contributed by atoms with Crippen molar-refractivity contribution in [2.45, 2.75) is 38.0 Å². The van der Waals surface area contributed by atoms with E-state index in [1.54, 1.807) is 0 Å². The third-order valence-electron chi connectivity index (χ3n) is 12.6. The van der Waals surface area contributed by atoms with Crippen LogP contribution in [0.5, 0.6) is 0 Å². The Labute approximate surface area is 314 Å². The van der Waals surface area contributed by atoms with Crippen LogP contribution in [0, 0.1) is 5.92 Å². The first kappa shape index (κ1) is 30.2.